The molecule has 0 fully saturated rings. The predicted molar refractivity (Wildman–Crippen MR) is 125 cm³/mol. The van der Waals surface area contributed by atoms with Crippen LogP contribution in [-0.2, 0) is 17.8 Å². The van der Waals surface area contributed by atoms with Gasteiger partial charge in [-0.2, -0.15) is 0 Å². The maximum Gasteiger partial charge on any atom is 0.228 e. The number of aromatic nitrogens is 1. The van der Waals surface area contributed by atoms with Crippen LogP contribution in [0.4, 0.5) is 17.1 Å². The van der Waals surface area contributed by atoms with Gasteiger partial charge < -0.3 is 19.9 Å². The van der Waals surface area contributed by atoms with Crippen molar-refractivity contribution in [3.63, 3.8) is 0 Å². The van der Waals surface area contributed by atoms with Crippen molar-refractivity contribution in [2.24, 2.45) is 0 Å². The molecule has 6 nitrogen and oxygen atoms in total. The zero-order chi connectivity index (χ0) is 22.3. The summed E-state index contributed by atoms with van der Waals surface area (Å²) < 4.78 is 11.0. The second-order valence-corrected chi connectivity index (χ2v) is 7.53. The molecule has 0 atom stereocenters. The number of hydrogen-bond donors (Lipinski definition) is 2. The minimum absolute atomic E-state index is 0.0775. The molecule has 0 aliphatic rings. The van der Waals surface area contributed by atoms with Crippen LogP contribution in [0.5, 0.6) is 5.75 Å². The normalized spacial score (nSPS) is 10.6. The lowest BCUT2D eigenvalue weighted by Gasteiger charge is -2.10. The van der Waals surface area contributed by atoms with Gasteiger partial charge in [-0.3, -0.25) is 4.79 Å². The van der Waals surface area contributed by atoms with Crippen molar-refractivity contribution in [3.8, 4) is 5.75 Å². The molecule has 0 saturated heterocycles. The van der Waals surface area contributed by atoms with Crippen LogP contribution in [0, 0.1) is 13.8 Å². The predicted octanol–water partition coefficient (Wildman–Crippen LogP) is 5.80. The van der Waals surface area contributed by atoms with E-state index in [1.807, 2.05) is 92.7 Å². The molecule has 0 radical (unpaired) electrons. The smallest absolute Gasteiger partial charge is 0.228 e. The van der Waals surface area contributed by atoms with E-state index in [9.17, 15) is 4.79 Å². The lowest BCUT2D eigenvalue weighted by molar-refractivity contribution is -0.115. The van der Waals surface area contributed by atoms with Gasteiger partial charge in [0.15, 0.2) is 0 Å². The fourth-order valence-electron chi connectivity index (χ4n) is 3.32. The highest BCUT2D eigenvalue weighted by molar-refractivity contribution is 5.92. The fourth-order valence-corrected chi connectivity index (χ4v) is 3.32. The maximum atomic E-state index is 12.5. The molecule has 0 saturated carbocycles. The molecular weight excluding hydrogens is 402 g/mol. The van der Waals surface area contributed by atoms with Crippen LogP contribution < -0.4 is 15.4 Å². The molecule has 1 aromatic heterocycles. The number of ether oxygens (including phenoxy) is 1. The first kappa shape index (κ1) is 21.2. The monoisotopic (exact) mass is 427 g/mol. The van der Waals surface area contributed by atoms with Gasteiger partial charge in [0.25, 0.3) is 0 Å². The van der Waals surface area contributed by atoms with Crippen molar-refractivity contribution in [1.29, 1.82) is 0 Å². The molecule has 0 aliphatic heterocycles. The Hall–Kier alpha value is -4.06. The maximum absolute atomic E-state index is 12.5. The van der Waals surface area contributed by atoms with Crippen molar-refractivity contribution in [1.82, 2.24) is 5.16 Å². The lowest BCUT2D eigenvalue weighted by atomic mass is 10.1. The number of carbonyl (C=O) groups is 1. The average Bonchev–Trinajstić information content (AvgIpc) is 3.11. The first-order valence-corrected chi connectivity index (χ1v) is 10.4. The van der Waals surface area contributed by atoms with E-state index in [1.54, 1.807) is 0 Å². The van der Waals surface area contributed by atoms with Crippen molar-refractivity contribution < 1.29 is 14.1 Å². The van der Waals surface area contributed by atoms with Crippen molar-refractivity contribution >= 4 is 23.0 Å². The number of benzene rings is 3. The van der Waals surface area contributed by atoms with Crippen molar-refractivity contribution in [2.75, 3.05) is 10.6 Å². The number of carbonyl (C=O) groups excluding carboxylic acids is 1. The Kier molecular flexibility index (Phi) is 6.51. The van der Waals surface area contributed by atoms with E-state index in [2.05, 4.69) is 15.8 Å². The van der Waals surface area contributed by atoms with Crippen LogP contribution in [0.1, 0.15) is 22.6 Å². The van der Waals surface area contributed by atoms with Gasteiger partial charge in [-0.25, -0.2) is 0 Å². The summed E-state index contributed by atoms with van der Waals surface area (Å²) in [7, 11) is 0. The van der Waals surface area contributed by atoms with E-state index in [0.29, 0.717) is 6.61 Å². The summed E-state index contributed by atoms with van der Waals surface area (Å²) >= 11 is 0. The highest BCUT2D eigenvalue weighted by Gasteiger charge is 2.10. The van der Waals surface area contributed by atoms with Crippen molar-refractivity contribution in [3.05, 3.63) is 101 Å². The summed E-state index contributed by atoms with van der Waals surface area (Å²) in [5, 5.41) is 10.2. The van der Waals surface area contributed by atoms with Gasteiger partial charge in [-0.15, -0.1) is 0 Å². The van der Waals surface area contributed by atoms with Gasteiger partial charge in [0.1, 0.15) is 18.1 Å². The van der Waals surface area contributed by atoms with Crippen molar-refractivity contribution in [2.45, 2.75) is 26.9 Å². The third-order valence-electron chi connectivity index (χ3n) is 5.06. The van der Waals surface area contributed by atoms with Crippen LogP contribution >= 0.6 is 0 Å². The summed E-state index contributed by atoms with van der Waals surface area (Å²) in [5.41, 5.74) is 5.35. The molecule has 4 rings (SSSR count). The number of nitrogens with zero attached hydrogens (tertiary/aromatic N) is 1. The molecule has 4 aromatic rings. The second-order valence-electron chi connectivity index (χ2n) is 7.53. The molecule has 0 bridgehead atoms. The Labute approximate surface area is 187 Å². The number of anilines is 3. The number of nitrogens with one attached hydrogen (secondary N) is 2. The molecular formula is C26H25N3O3. The Balaban J connectivity index is 1.31. The zero-order valence-electron chi connectivity index (χ0n) is 18.1. The lowest BCUT2D eigenvalue weighted by Crippen LogP contribution is -2.14. The largest absolute Gasteiger partial charge is 0.489 e. The van der Waals surface area contributed by atoms with Gasteiger partial charge in [0.05, 0.1) is 17.7 Å². The molecule has 0 unspecified atom stereocenters. The molecule has 0 aliphatic carbocycles. The van der Waals surface area contributed by atoms with Gasteiger partial charge in [-0.05, 0) is 61.9 Å². The first-order valence-electron chi connectivity index (χ1n) is 10.4. The molecule has 6 heteroatoms. The van der Waals surface area contributed by atoms with Crippen LogP contribution in [-0.4, -0.2) is 11.1 Å². The second kappa shape index (κ2) is 9.83. The minimum Gasteiger partial charge on any atom is -0.489 e. The van der Waals surface area contributed by atoms with E-state index < -0.39 is 0 Å². The van der Waals surface area contributed by atoms with Crippen LogP contribution in [0.25, 0.3) is 0 Å². The molecule has 3 aromatic carbocycles. The van der Waals surface area contributed by atoms with E-state index >= 15 is 0 Å². The van der Waals surface area contributed by atoms with E-state index in [1.165, 1.54) is 0 Å². The SMILES string of the molecule is Cc1noc(C)c1COc1ccc(CC(=O)Nc2cccc(Nc3ccccc3)c2)cc1. The standard InChI is InChI=1S/C26H25N3O3/c1-18-25(19(2)32-29-18)17-31-24-13-11-20(12-14-24)15-26(30)28-23-10-6-9-22(16-23)27-21-7-4-3-5-8-21/h3-14,16,27H,15,17H2,1-2H3,(H,28,30). The Morgan fingerprint density at radius 3 is 2.34 bits per heavy atom. The summed E-state index contributed by atoms with van der Waals surface area (Å²) in [6, 6.07) is 25.1. The highest BCUT2D eigenvalue weighted by atomic mass is 16.5. The fraction of sp³-hybridized carbons (Fsp3) is 0.154. The third-order valence-corrected chi connectivity index (χ3v) is 5.06. The van der Waals surface area contributed by atoms with Gasteiger partial charge in [0, 0.05) is 17.1 Å². The summed E-state index contributed by atoms with van der Waals surface area (Å²) in [6.45, 7) is 4.16. The Morgan fingerprint density at radius 2 is 1.62 bits per heavy atom. The summed E-state index contributed by atoms with van der Waals surface area (Å²) in [5.74, 6) is 1.42. The Morgan fingerprint density at radius 1 is 0.906 bits per heavy atom. The van der Waals surface area contributed by atoms with Gasteiger partial charge in [0.2, 0.25) is 5.91 Å². The summed E-state index contributed by atoms with van der Waals surface area (Å²) in [6.07, 6.45) is 0.278. The van der Waals surface area contributed by atoms with Gasteiger partial charge >= 0.3 is 0 Å². The third kappa shape index (κ3) is 5.55. The quantitative estimate of drug-likeness (QED) is 0.372. The minimum atomic E-state index is -0.0775. The van der Waals surface area contributed by atoms with E-state index in [4.69, 9.17) is 9.26 Å². The zero-order valence-corrected chi connectivity index (χ0v) is 18.1. The molecule has 162 valence electrons. The topological polar surface area (TPSA) is 76.4 Å². The first-order chi connectivity index (χ1) is 15.6. The highest BCUT2D eigenvalue weighted by Crippen LogP contribution is 2.21. The number of para-hydroxylation sites is 1. The molecule has 32 heavy (non-hydrogen) atoms. The van der Waals surface area contributed by atoms with Crippen LogP contribution in [0.15, 0.2) is 83.4 Å². The molecule has 1 heterocycles. The molecule has 1 amide bonds. The van der Waals surface area contributed by atoms with E-state index in [-0.39, 0.29) is 12.3 Å². The molecule has 0 spiro atoms. The number of amides is 1. The van der Waals surface area contributed by atoms with Gasteiger partial charge in [-0.1, -0.05) is 41.6 Å². The Bertz CT molecular complexity index is 1170. The summed E-state index contributed by atoms with van der Waals surface area (Å²) in [4.78, 5) is 12.5. The average molecular weight is 428 g/mol. The van der Waals surface area contributed by atoms with Crippen LogP contribution in [0.2, 0.25) is 0 Å². The van der Waals surface area contributed by atoms with E-state index in [0.717, 1.165) is 45.4 Å². The molecule has 2 N–H and O–H groups in total. The number of aryl methyl sites for hydroxylation is 2. The number of hydrogen-bond acceptors (Lipinski definition) is 5. The number of rotatable bonds is 8. The van der Waals surface area contributed by atoms with Crippen LogP contribution in [0.3, 0.4) is 0 Å².